The molecule has 2 aromatic heterocycles. The molecule has 29 heavy (non-hydrogen) atoms. The van der Waals surface area contributed by atoms with Crippen molar-refractivity contribution in [3.05, 3.63) is 12.2 Å². The smallest absolute Gasteiger partial charge is 0.205 e. The van der Waals surface area contributed by atoms with Gasteiger partial charge in [-0.1, -0.05) is 0 Å². The lowest BCUT2D eigenvalue weighted by atomic mass is 9.92. The van der Waals surface area contributed by atoms with Crippen LogP contribution in [0.15, 0.2) is 6.33 Å². The van der Waals surface area contributed by atoms with Crippen LogP contribution in [0.2, 0.25) is 0 Å². The van der Waals surface area contributed by atoms with Crippen LogP contribution in [0.4, 0.5) is 5.82 Å². The van der Waals surface area contributed by atoms with Gasteiger partial charge in [0.2, 0.25) is 5.72 Å². The molecule has 0 spiro atoms. The first-order valence-electron chi connectivity index (χ1n) is 9.01. The SMILES string of the molecule is Cc1nc(N)c2ncn([C@]3(C4O[C@H](CO)[C@@H](O)[C@H]4O)O[C@H](CO)[C@@H](O)[C@H]3O)c2n1. The van der Waals surface area contributed by atoms with Crippen LogP contribution in [0.5, 0.6) is 0 Å². The van der Waals surface area contributed by atoms with Gasteiger partial charge in [0.05, 0.1) is 19.5 Å². The average Bonchev–Trinajstić information content (AvgIpc) is 3.32. The van der Waals surface area contributed by atoms with Gasteiger partial charge in [-0.25, -0.2) is 15.0 Å². The Labute approximate surface area is 164 Å². The molecule has 0 saturated carbocycles. The summed E-state index contributed by atoms with van der Waals surface area (Å²) >= 11 is 0. The Morgan fingerprint density at radius 2 is 1.76 bits per heavy atom. The molecule has 0 radical (unpaired) electrons. The van der Waals surface area contributed by atoms with Crippen LogP contribution in [0.1, 0.15) is 5.82 Å². The van der Waals surface area contributed by atoms with Gasteiger partial charge in [-0.05, 0) is 6.92 Å². The van der Waals surface area contributed by atoms with Crippen molar-refractivity contribution >= 4 is 17.0 Å². The maximum Gasteiger partial charge on any atom is 0.205 e. The number of anilines is 1. The summed E-state index contributed by atoms with van der Waals surface area (Å²) in [5, 5.41) is 61.3. The second-order valence-corrected chi connectivity index (χ2v) is 7.23. The highest BCUT2D eigenvalue weighted by atomic mass is 16.6. The Bertz CT molecular complexity index is 911. The lowest BCUT2D eigenvalue weighted by Gasteiger charge is -2.39. The summed E-state index contributed by atoms with van der Waals surface area (Å²) in [6.45, 7) is 0.340. The van der Waals surface area contributed by atoms with Crippen molar-refractivity contribution in [2.45, 2.75) is 55.4 Å². The molecule has 0 amide bonds. The number of imidazole rings is 1. The summed E-state index contributed by atoms with van der Waals surface area (Å²) in [5.74, 6) is 0.356. The van der Waals surface area contributed by atoms with E-state index < -0.39 is 61.7 Å². The van der Waals surface area contributed by atoms with Gasteiger partial charge in [-0.2, -0.15) is 0 Å². The largest absolute Gasteiger partial charge is 0.394 e. The minimum atomic E-state index is -2.04. The molecule has 2 fully saturated rings. The highest BCUT2D eigenvalue weighted by molar-refractivity contribution is 5.81. The van der Waals surface area contributed by atoms with Gasteiger partial charge in [-0.15, -0.1) is 0 Å². The van der Waals surface area contributed by atoms with E-state index in [0.29, 0.717) is 5.82 Å². The Morgan fingerprint density at radius 1 is 1.07 bits per heavy atom. The topological polar surface area (TPSA) is 209 Å². The number of hydrogen-bond donors (Lipinski definition) is 7. The van der Waals surface area contributed by atoms with E-state index >= 15 is 0 Å². The molecule has 13 nitrogen and oxygen atoms in total. The summed E-state index contributed by atoms with van der Waals surface area (Å²) in [7, 11) is 0. The van der Waals surface area contributed by atoms with Crippen LogP contribution < -0.4 is 5.73 Å². The Balaban J connectivity index is 1.94. The predicted molar refractivity (Wildman–Crippen MR) is 94.2 cm³/mol. The quantitative estimate of drug-likeness (QED) is 0.255. The lowest BCUT2D eigenvalue weighted by molar-refractivity contribution is -0.231. The maximum absolute atomic E-state index is 11.0. The fraction of sp³-hybridized carbons (Fsp3) is 0.688. The predicted octanol–water partition coefficient (Wildman–Crippen LogP) is -4.04. The standard InChI is InChI=1S/C16H23N5O8/c1-5-19-14(17)8-15(20-5)21(4-18-8)16(12(27)10(25)7(3-23)29-16)13-11(26)9(24)6(2-22)28-13/h4,6-7,9-13,22-27H,2-3H2,1H3,(H2,17,19,20)/t6-,7-,9-,10-,11-,12-,13?,16+/m1/s1. The number of aliphatic hydroxyl groups excluding tert-OH is 6. The van der Waals surface area contributed by atoms with Crippen LogP contribution in [-0.4, -0.2) is 106 Å². The van der Waals surface area contributed by atoms with Gasteiger partial charge in [0, 0.05) is 0 Å². The van der Waals surface area contributed by atoms with Crippen molar-refractivity contribution in [3.8, 4) is 0 Å². The molecule has 0 bridgehead atoms. The van der Waals surface area contributed by atoms with Crippen molar-refractivity contribution in [1.82, 2.24) is 19.5 Å². The third-order valence-electron chi connectivity index (χ3n) is 5.51. The highest BCUT2D eigenvalue weighted by Crippen LogP contribution is 2.45. The Kier molecular flexibility index (Phi) is 4.95. The van der Waals surface area contributed by atoms with Crippen LogP contribution in [0.25, 0.3) is 11.2 Å². The summed E-state index contributed by atoms with van der Waals surface area (Å²) in [6, 6.07) is 0. The van der Waals surface area contributed by atoms with Gasteiger partial charge in [0.25, 0.3) is 0 Å². The number of nitrogens with zero attached hydrogens (tertiary/aromatic N) is 4. The van der Waals surface area contributed by atoms with Gasteiger partial charge < -0.3 is 45.8 Å². The molecule has 0 aromatic carbocycles. The molecule has 2 aromatic rings. The molecule has 13 heteroatoms. The molecule has 0 aliphatic carbocycles. The molecule has 160 valence electrons. The number of nitrogens with two attached hydrogens (primary N) is 1. The number of aryl methyl sites for hydroxylation is 1. The van der Waals surface area contributed by atoms with Crippen LogP contribution in [-0.2, 0) is 15.2 Å². The summed E-state index contributed by atoms with van der Waals surface area (Å²) in [5.41, 5.74) is 4.16. The van der Waals surface area contributed by atoms with E-state index in [9.17, 15) is 30.6 Å². The first kappa shape index (κ1) is 20.3. The zero-order chi connectivity index (χ0) is 21.1. The molecule has 8 N–H and O–H groups in total. The van der Waals surface area contributed by atoms with Crippen molar-refractivity contribution in [2.24, 2.45) is 0 Å². The number of fused-ring (bicyclic) bond motifs is 1. The number of nitrogen functional groups attached to an aromatic ring is 1. The molecule has 2 saturated heterocycles. The van der Waals surface area contributed by atoms with Gasteiger partial charge in [-0.3, -0.25) is 4.57 Å². The van der Waals surface area contributed by atoms with Crippen molar-refractivity contribution < 1.29 is 40.1 Å². The van der Waals surface area contributed by atoms with Crippen LogP contribution in [0.3, 0.4) is 0 Å². The van der Waals surface area contributed by atoms with E-state index in [1.807, 2.05) is 0 Å². The van der Waals surface area contributed by atoms with Crippen molar-refractivity contribution in [1.29, 1.82) is 0 Å². The van der Waals surface area contributed by atoms with Gasteiger partial charge in [0.15, 0.2) is 11.5 Å². The van der Waals surface area contributed by atoms with Crippen molar-refractivity contribution in [3.63, 3.8) is 0 Å². The van der Waals surface area contributed by atoms with E-state index in [1.54, 1.807) is 6.92 Å². The average molecular weight is 413 g/mol. The van der Waals surface area contributed by atoms with Gasteiger partial charge in [0.1, 0.15) is 54.1 Å². The normalized spacial score (nSPS) is 40.2. The van der Waals surface area contributed by atoms with E-state index in [1.165, 1.54) is 10.9 Å². The van der Waals surface area contributed by atoms with E-state index in [-0.39, 0.29) is 17.0 Å². The third kappa shape index (κ3) is 2.74. The number of rotatable bonds is 4. The lowest BCUT2D eigenvalue weighted by Crippen LogP contribution is -2.58. The molecule has 2 aliphatic heterocycles. The van der Waals surface area contributed by atoms with E-state index in [4.69, 9.17) is 15.2 Å². The molecule has 4 heterocycles. The van der Waals surface area contributed by atoms with E-state index in [2.05, 4.69) is 15.0 Å². The fourth-order valence-corrected chi connectivity index (χ4v) is 4.08. The molecule has 8 atom stereocenters. The Morgan fingerprint density at radius 3 is 2.34 bits per heavy atom. The van der Waals surface area contributed by atoms with Crippen molar-refractivity contribution in [2.75, 3.05) is 18.9 Å². The minimum Gasteiger partial charge on any atom is -0.394 e. The Hall–Kier alpha value is -1.97. The highest BCUT2D eigenvalue weighted by Gasteiger charge is 2.66. The van der Waals surface area contributed by atoms with Crippen LogP contribution in [0, 0.1) is 6.92 Å². The second kappa shape index (κ2) is 7.07. The fourth-order valence-electron chi connectivity index (χ4n) is 4.08. The molecule has 4 rings (SSSR count). The first-order chi connectivity index (χ1) is 13.8. The first-order valence-corrected chi connectivity index (χ1v) is 9.01. The molecular formula is C16H23N5O8. The minimum absolute atomic E-state index is 0.0642. The molecular weight excluding hydrogens is 390 g/mol. The number of hydrogen-bond acceptors (Lipinski definition) is 12. The summed E-state index contributed by atoms with van der Waals surface area (Å²) in [4.78, 5) is 12.4. The monoisotopic (exact) mass is 413 g/mol. The van der Waals surface area contributed by atoms with E-state index in [0.717, 1.165) is 0 Å². The molecule has 1 unspecified atom stereocenters. The number of aliphatic hydroxyl groups is 6. The second-order valence-electron chi connectivity index (χ2n) is 7.23. The zero-order valence-corrected chi connectivity index (χ0v) is 15.4. The summed E-state index contributed by atoms with van der Waals surface area (Å²) in [6.07, 6.45) is -9.00. The number of ether oxygens (including phenoxy) is 2. The van der Waals surface area contributed by atoms with Crippen LogP contribution >= 0.6 is 0 Å². The summed E-state index contributed by atoms with van der Waals surface area (Å²) < 4.78 is 12.7. The van der Waals surface area contributed by atoms with Gasteiger partial charge >= 0.3 is 0 Å². The maximum atomic E-state index is 11.0. The molecule has 2 aliphatic rings. The number of aromatic nitrogens is 4. The zero-order valence-electron chi connectivity index (χ0n) is 15.4. The third-order valence-corrected chi connectivity index (χ3v) is 5.51.